The highest BCUT2D eigenvalue weighted by molar-refractivity contribution is 6.31. The van der Waals surface area contributed by atoms with Crippen molar-refractivity contribution in [2.45, 2.75) is 6.42 Å². The predicted molar refractivity (Wildman–Crippen MR) is 92.0 cm³/mol. The predicted octanol–water partition coefficient (Wildman–Crippen LogP) is 4.59. The van der Waals surface area contributed by atoms with Gasteiger partial charge in [-0.25, -0.2) is 9.78 Å². The molecule has 0 N–H and O–H groups in total. The maximum atomic E-state index is 12.1. The van der Waals surface area contributed by atoms with Gasteiger partial charge >= 0.3 is 5.63 Å². The van der Waals surface area contributed by atoms with Crippen LogP contribution >= 0.6 is 11.6 Å². The summed E-state index contributed by atoms with van der Waals surface area (Å²) in [7, 11) is 0. The second-order valence-electron chi connectivity index (χ2n) is 5.41. The molecule has 4 rings (SSSR count). The summed E-state index contributed by atoms with van der Waals surface area (Å²) < 4.78 is 5.34. The molecule has 3 aromatic carbocycles. The fraction of sp³-hybridized carbons (Fsp3) is 0.0526. The molecule has 0 atom stereocenters. The molecule has 0 saturated carbocycles. The molecule has 3 nitrogen and oxygen atoms in total. The Kier molecular flexibility index (Phi) is 3.36. The van der Waals surface area contributed by atoms with Gasteiger partial charge in [0.15, 0.2) is 0 Å². The average molecular weight is 322 g/mol. The van der Waals surface area contributed by atoms with Gasteiger partial charge in [-0.15, -0.1) is 0 Å². The summed E-state index contributed by atoms with van der Waals surface area (Å²) >= 11 is 5.91. The minimum absolute atomic E-state index is 0.403. The molecule has 0 amide bonds. The van der Waals surface area contributed by atoms with E-state index in [0.717, 1.165) is 10.9 Å². The van der Waals surface area contributed by atoms with E-state index in [-0.39, 0.29) is 0 Å². The normalized spacial score (nSPS) is 11.2. The molecular weight excluding hydrogens is 310 g/mol. The first-order valence-electron chi connectivity index (χ1n) is 7.26. The Morgan fingerprint density at radius 1 is 0.957 bits per heavy atom. The molecule has 0 unspecified atom stereocenters. The van der Waals surface area contributed by atoms with E-state index in [1.54, 1.807) is 18.2 Å². The Labute approximate surface area is 137 Å². The third kappa shape index (κ3) is 2.71. The highest BCUT2D eigenvalue weighted by atomic mass is 35.5. The van der Waals surface area contributed by atoms with Crippen LogP contribution in [0.4, 0.5) is 0 Å². The summed E-state index contributed by atoms with van der Waals surface area (Å²) in [6.45, 7) is 0. The quantitative estimate of drug-likeness (QED) is 0.542. The minimum atomic E-state index is -0.409. The van der Waals surface area contributed by atoms with Gasteiger partial charge in [-0.3, -0.25) is 0 Å². The molecule has 0 aliphatic rings. The fourth-order valence-corrected chi connectivity index (χ4v) is 2.86. The lowest BCUT2D eigenvalue weighted by molar-refractivity contribution is 0.454. The minimum Gasteiger partial charge on any atom is -0.408 e. The largest absolute Gasteiger partial charge is 0.408 e. The summed E-state index contributed by atoms with van der Waals surface area (Å²) in [5.41, 5.74) is 1.24. The fourth-order valence-electron chi connectivity index (χ4n) is 2.69. The molecule has 0 aliphatic carbocycles. The lowest BCUT2D eigenvalue weighted by Crippen LogP contribution is -2.05. The maximum absolute atomic E-state index is 12.1. The standard InChI is InChI=1S/C19H12ClNO2/c20-15-7-8-17-16(11-15)19(22)23-18(21-17)10-12-5-6-13-3-1-2-4-14(13)9-12/h1-9,11H,10H2. The smallest absolute Gasteiger partial charge is 0.346 e. The van der Waals surface area contributed by atoms with Crippen LogP contribution in [-0.2, 0) is 6.42 Å². The summed E-state index contributed by atoms with van der Waals surface area (Å²) in [5.74, 6) is 0.403. The van der Waals surface area contributed by atoms with Gasteiger partial charge < -0.3 is 4.42 Å². The summed E-state index contributed by atoms with van der Waals surface area (Å²) in [4.78, 5) is 16.5. The number of nitrogens with zero attached hydrogens (tertiary/aromatic N) is 1. The Bertz CT molecular complexity index is 1090. The van der Waals surface area contributed by atoms with Crippen molar-refractivity contribution in [3.63, 3.8) is 0 Å². The number of fused-ring (bicyclic) bond motifs is 2. The Balaban J connectivity index is 1.76. The molecule has 0 fully saturated rings. The molecule has 4 heteroatoms. The lowest BCUT2D eigenvalue weighted by atomic mass is 10.1. The molecule has 0 spiro atoms. The van der Waals surface area contributed by atoms with Crippen LogP contribution in [0.2, 0.25) is 5.02 Å². The Morgan fingerprint density at radius 2 is 1.78 bits per heavy atom. The zero-order chi connectivity index (χ0) is 15.8. The van der Waals surface area contributed by atoms with Gasteiger partial charge in [0.2, 0.25) is 5.89 Å². The third-order valence-electron chi connectivity index (χ3n) is 3.80. The van der Waals surface area contributed by atoms with Crippen molar-refractivity contribution < 1.29 is 4.42 Å². The zero-order valence-electron chi connectivity index (χ0n) is 12.1. The number of aromatic nitrogens is 1. The monoisotopic (exact) mass is 321 g/mol. The third-order valence-corrected chi connectivity index (χ3v) is 4.04. The molecular formula is C19H12ClNO2. The molecule has 112 valence electrons. The van der Waals surface area contributed by atoms with E-state index >= 15 is 0 Å². The SMILES string of the molecule is O=c1oc(Cc2ccc3ccccc3c2)nc2ccc(Cl)cc12. The van der Waals surface area contributed by atoms with E-state index in [2.05, 4.69) is 29.2 Å². The van der Waals surface area contributed by atoms with Gasteiger partial charge in [0.1, 0.15) is 0 Å². The number of halogens is 1. The summed E-state index contributed by atoms with van der Waals surface area (Å²) in [5, 5.41) is 3.23. The van der Waals surface area contributed by atoms with Crippen LogP contribution < -0.4 is 5.63 Å². The first-order chi connectivity index (χ1) is 11.2. The van der Waals surface area contributed by atoms with Crippen molar-refractivity contribution in [3.8, 4) is 0 Å². The maximum Gasteiger partial charge on any atom is 0.346 e. The second-order valence-corrected chi connectivity index (χ2v) is 5.85. The van der Waals surface area contributed by atoms with E-state index in [9.17, 15) is 4.79 Å². The van der Waals surface area contributed by atoms with Gasteiger partial charge in [0.25, 0.3) is 0 Å². The topological polar surface area (TPSA) is 43.1 Å². The van der Waals surface area contributed by atoms with Crippen molar-refractivity contribution in [1.29, 1.82) is 0 Å². The van der Waals surface area contributed by atoms with E-state index in [4.69, 9.17) is 16.0 Å². The second kappa shape index (κ2) is 5.52. The van der Waals surface area contributed by atoms with E-state index < -0.39 is 5.63 Å². The summed E-state index contributed by atoms with van der Waals surface area (Å²) in [6, 6.07) is 19.3. The molecule has 0 saturated heterocycles. The zero-order valence-corrected chi connectivity index (χ0v) is 12.9. The van der Waals surface area contributed by atoms with Crippen molar-refractivity contribution in [2.24, 2.45) is 0 Å². The van der Waals surface area contributed by atoms with Crippen LogP contribution in [0.25, 0.3) is 21.7 Å². The molecule has 0 bridgehead atoms. The van der Waals surface area contributed by atoms with E-state index in [0.29, 0.717) is 28.2 Å². The van der Waals surface area contributed by atoms with Crippen LogP contribution in [0.3, 0.4) is 0 Å². The highest BCUT2D eigenvalue weighted by Gasteiger charge is 2.08. The van der Waals surface area contributed by atoms with Crippen molar-refractivity contribution >= 4 is 33.3 Å². The average Bonchev–Trinajstić information content (AvgIpc) is 2.55. The molecule has 23 heavy (non-hydrogen) atoms. The number of rotatable bonds is 2. The van der Waals surface area contributed by atoms with E-state index in [1.165, 1.54) is 5.39 Å². The van der Waals surface area contributed by atoms with Gasteiger partial charge in [0, 0.05) is 11.4 Å². The van der Waals surface area contributed by atoms with Gasteiger partial charge in [-0.1, -0.05) is 54.1 Å². The summed E-state index contributed by atoms with van der Waals surface area (Å²) in [6.07, 6.45) is 0.471. The van der Waals surface area contributed by atoms with Crippen LogP contribution in [-0.4, -0.2) is 4.98 Å². The van der Waals surface area contributed by atoms with Crippen molar-refractivity contribution in [2.75, 3.05) is 0 Å². The highest BCUT2D eigenvalue weighted by Crippen LogP contribution is 2.19. The van der Waals surface area contributed by atoms with E-state index in [1.807, 2.05) is 18.2 Å². The molecule has 1 heterocycles. The Morgan fingerprint density at radius 3 is 2.65 bits per heavy atom. The lowest BCUT2D eigenvalue weighted by Gasteiger charge is -2.04. The van der Waals surface area contributed by atoms with Crippen LogP contribution in [0.5, 0.6) is 0 Å². The molecule has 0 aliphatic heterocycles. The van der Waals surface area contributed by atoms with Crippen LogP contribution in [0, 0.1) is 0 Å². The van der Waals surface area contributed by atoms with Crippen LogP contribution in [0.15, 0.2) is 69.9 Å². The molecule has 4 aromatic rings. The number of hydrogen-bond acceptors (Lipinski definition) is 3. The van der Waals surface area contributed by atoms with Gasteiger partial charge in [-0.2, -0.15) is 0 Å². The number of hydrogen-bond donors (Lipinski definition) is 0. The van der Waals surface area contributed by atoms with Gasteiger partial charge in [-0.05, 0) is 34.5 Å². The number of benzene rings is 3. The molecule has 0 radical (unpaired) electrons. The molecule has 1 aromatic heterocycles. The first kappa shape index (κ1) is 14.0. The van der Waals surface area contributed by atoms with Crippen LogP contribution in [0.1, 0.15) is 11.5 Å². The van der Waals surface area contributed by atoms with Gasteiger partial charge in [0.05, 0.1) is 10.9 Å². The Hall–Kier alpha value is -2.65. The van der Waals surface area contributed by atoms with Crippen molar-refractivity contribution in [1.82, 2.24) is 4.98 Å². The first-order valence-corrected chi connectivity index (χ1v) is 7.64. The van der Waals surface area contributed by atoms with Crippen molar-refractivity contribution in [3.05, 3.63) is 87.6 Å².